The number of nitrogens with one attached hydrogen (secondary N) is 1. The first-order valence-electron chi connectivity index (χ1n) is 11.1. The summed E-state index contributed by atoms with van der Waals surface area (Å²) in [5, 5.41) is 4.22. The highest BCUT2D eigenvalue weighted by molar-refractivity contribution is 9.10. The van der Waals surface area contributed by atoms with Gasteiger partial charge in [0.2, 0.25) is 0 Å². The number of thiocarbonyl (C=S) groups is 1. The van der Waals surface area contributed by atoms with Crippen LogP contribution in [0.25, 0.3) is 10.9 Å². The topological polar surface area (TPSA) is 62.8 Å². The molecule has 1 fully saturated rings. The predicted octanol–water partition coefficient (Wildman–Crippen LogP) is 5.18. The second-order valence-electron chi connectivity index (χ2n) is 7.98. The SMILES string of the molecule is COc1cc2c(Nc3cccc(Br)c3)ncnc2cc1OCCCSC(=S)N1CCN(C)CC1. The highest BCUT2D eigenvalue weighted by atomic mass is 79.9. The summed E-state index contributed by atoms with van der Waals surface area (Å²) < 4.78 is 13.6. The molecule has 1 aromatic heterocycles. The number of fused-ring (bicyclic) bond motifs is 1. The molecule has 34 heavy (non-hydrogen) atoms. The standard InChI is InChI=1S/C24H28BrN5O2S2/c1-29-7-9-30(10-8-29)24(33)34-12-4-11-32-22-15-20-19(14-21(22)31-2)23(27-16-26-20)28-18-6-3-5-17(25)13-18/h3,5-6,13-16H,4,7-12H2,1-2H3,(H,26,27,28). The summed E-state index contributed by atoms with van der Waals surface area (Å²) >= 11 is 10.8. The van der Waals surface area contributed by atoms with Gasteiger partial charge in [-0.3, -0.25) is 0 Å². The first-order valence-corrected chi connectivity index (χ1v) is 13.3. The Morgan fingerprint density at radius 1 is 1.15 bits per heavy atom. The van der Waals surface area contributed by atoms with E-state index in [0.29, 0.717) is 23.9 Å². The molecule has 3 aromatic rings. The molecule has 0 aliphatic carbocycles. The van der Waals surface area contributed by atoms with Gasteiger partial charge in [0.1, 0.15) is 16.5 Å². The van der Waals surface area contributed by atoms with Crippen LogP contribution in [0.15, 0.2) is 47.2 Å². The third-order valence-corrected chi connectivity index (χ3v) is 7.64. The molecule has 1 aliphatic heterocycles. The number of methoxy groups -OCH3 is 1. The summed E-state index contributed by atoms with van der Waals surface area (Å²) in [6, 6.07) is 11.8. The Labute approximate surface area is 218 Å². The van der Waals surface area contributed by atoms with Crippen LogP contribution >= 0.6 is 39.9 Å². The zero-order valence-corrected chi connectivity index (χ0v) is 22.5. The lowest BCUT2D eigenvalue weighted by Gasteiger charge is -2.33. The first kappa shape index (κ1) is 25.0. The zero-order chi connectivity index (χ0) is 23.9. The van der Waals surface area contributed by atoms with Crippen molar-refractivity contribution in [2.24, 2.45) is 0 Å². The maximum atomic E-state index is 6.06. The molecule has 0 unspecified atom stereocenters. The zero-order valence-electron chi connectivity index (χ0n) is 19.3. The quantitative estimate of drug-likeness (QED) is 0.296. The van der Waals surface area contributed by atoms with E-state index in [1.54, 1.807) is 25.2 Å². The number of anilines is 2. The summed E-state index contributed by atoms with van der Waals surface area (Å²) in [5.74, 6) is 2.96. The fourth-order valence-electron chi connectivity index (χ4n) is 3.62. The summed E-state index contributed by atoms with van der Waals surface area (Å²) in [7, 11) is 3.79. The number of hydrogen-bond acceptors (Lipinski definition) is 8. The molecule has 1 saturated heterocycles. The number of nitrogens with zero attached hydrogens (tertiary/aromatic N) is 4. The largest absolute Gasteiger partial charge is 0.493 e. The molecular weight excluding hydrogens is 534 g/mol. The number of benzene rings is 2. The van der Waals surface area contributed by atoms with Gasteiger partial charge in [0.05, 0.1) is 19.2 Å². The van der Waals surface area contributed by atoms with Gasteiger partial charge in [0.15, 0.2) is 11.5 Å². The molecule has 10 heteroatoms. The van der Waals surface area contributed by atoms with Gasteiger partial charge < -0.3 is 24.6 Å². The molecule has 1 aliphatic rings. The number of hydrogen-bond donors (Lipinski definition) is 1. The molecule has 2 heterocycles. The molecular formula is C24H28BrN5O2S2. The minimum Gasteiger partial charge on any atom is -0.493 e. The van der Waals surface area contributed by atoms with Crippen LogP contribution in [0.5, 0.6) is 11.5 Å². The Bertz CT molecular complexity index is 1140. The number of ether oxygens (including phenoxy) is 2. The van der Waals surface area contributed by atoms with Crippen molar-refractivity contribution in [1.29, 1.82) is 0 Å². The van der Waals surface area contributed by atoms with E-state index in [1.165, 1.54) is 0 Å². The van der Waals surface area contributed by atoms with Crippen LogP contribution in [0.2, 0.25) is 0 Å². The Balaban J connectivity index is 1.36. The Morgan fingerprint density at radius 3 is 2.74 bits per heavy atom. The first-order chi connectivity index (χ1) is 16.5. The van der Waals surface area contributed by atoms with Crippen molar-refractivity contribution in [2.75, 3.05) is 58.0 Å². The molecule has 2 aromatic carbocycles. The smallest absolute Gasteiger partial charge is 0.163 e. The molecule has 0 radical (unpaired) electrons. The number of rotatable bonds is 8. The van der Waals surface area contributed by atoms with Crippen molar-refractivity contribution >= 4 is 66.6 Å². The van der Waals surface area contributed by atoms with E-state index in [4.69, 9.17) is 21.7 Å². The third-order valence-electron chi connectivity index (χ3n) is 5.54. The van der Waals surface area contributed by atoms with E-state index in [-0.39, 0.29) is 0 Å². The van der Waals surface area contributed by atoms with Gasteiger partial charge in [-0.05, 0) is 37.7 Å². The van der Waals surface area contributed by atoms with E-state index in [2.05, 4.69) is 48.1 Å². The van der Waals surface area contributed by atoms with Gasteiger partial charge in [0, 0.05) is 53.5 Å². The highest BCUT2D eigenvalue weighted by Crippen LogP contribution is 2.35. The van der Waals surface area contributed by atoms with Crippen LogP contribution in [0.1, 0.15) is 6.42 Å². The van der Waals surface area contributed by atoms with E-state index >= 15 is 0 Å². The molecule has 180 valence electrons. The van der Waals surface area contributed by atoms with E-state index in [9.17, 15) is 0 Å². The van der Waals surface area contributed by atoms with Crippen LogP contribution in [0, 0.1) is 0 Å². The molecule has 7 nitrogen and oxygen atoms in total. The summed E-state index contributed by atoms with van der Waals surface area (Å²) in [4.78, 5) is 13.5. The third kappa shape index (κ3) is 6.50. The van der Waals surface area contributed by atoms with Crippen molar-refractivity contribution in [3.8, 4) is 11.5 Å². The molecule has 0 amide bonds. The van der Waals surface area contributed by atoms with Crippen molar-refractivity contribution in [1.82, 2.24) is 19.8 Å². The highest BCUT2D eigenvalue weighted by Gasteiger charge is 2.16. The minimum absolute atomic E-state index is 0.578. The van der Waals surface area contributed by atoms with Crippen LogP contribution in [0.4, 0.5) is 11.5 Å². The number of thioether (sulfide) groups is 1. The van der Waals surface area contributed by atoms with Gasteiger partial charge in [-0.15, -0.1) is 0 Å². The number of aromatic nitrogens is 2. The molecule has 1 N–H and O–H groups in total. The number of piperazine rings is 1. The summed E-state index contributed by atoms with van der Waals surface area (Å²) in [5.41, 5.74) is 1.72. The van der Waals surface area contributed by atoms with Crippen LogP contribution < -0.4 is 14.8 Å². The van der Waals surface area contributed by atoms with Crippen molar-refractivity contribution in [3.05, 3.63) is 47.2 Å². The average Bonchev–Trinajstić information content (AvgIpc) is 2.84. The normalized spacial score (nSPS) is 14.3. The molecule has 0 bridgehead atoms. The fourth-order valence-corrected chi connectivity index (χ4v) is 5.25. The monoisotopic (exact) mass is 561 g/mol. The van der Waals surface area contributed by atoms with Gasteiger partial charge in [0.25, 0.3) is 0 Å². The van der Waals surface area contributed by atoms with Gasteiger partial charge >= 0.3 is 0 Å². The van der Waals surface area contributed by atoms with Crippen LogP contribution in [0.3, 0.4) is 0 Å². The average molecular weight is 563 g/mol. The lowest BCUT2D eigenvalue weighted by atomic mass is 10.2. The van der Waals surface area contributed by atoms with Crippen molar-refractivity contribution in [2.45, 2.75) is 6.42 Å². The second-order valence-corrected chi connectivity index (χ2v) is 10.6. The van der Waals surface area contributed by atoms with E-state index in [0.717, 1.165) is 63.7 Å². The fraction of sp³-hybridized carbons (Fsp3) is 0.375. The molecule has 4 rings (SSSR count). The maximum absolute atomic E-state index is 6.06. The van der Waals surface area contributed by atoms with Crippen LogP contribution in [-0.4, -0.2) is 76.8 Å². The van der Waals surface area contributed by atoms with E-state index in [1.807, 2.05) is 36.4 Å². The summed E-state index contributed by atoms with van der Waals surface area (Å²) in [6.45, 7) is 4.72. The van der Waals surface area contributed by atoms with Crippen molar-refractivity contribution < 1.29 is 9.47 Å². The van der Waals surface area contributed by atoms with Gasteiger partial charge in [-0.1, -0.05) is 46.0 Å². The van der Waals surface area contributed by atoms with E-state index < -0.39 is 0 Å². The van der Waals surface area contributed by atoms with Crippen molar-refractivity contribution in [3.63, 3.8) is 0 Å². The lowest BCUT2D eigenvalue weighted by molar-refractivity contribution is 0.220. The Kier molecular flexibility index (Phi) is 8.82. The summed E-state index contributed by atoms with van der Waals surface area (Å²) in [6.07, 6.45) is 2.44. The molecule has 0 atom stereocenters. The molecule has 0 saturated carbocycles. The Morgan fingerprint density at radius 2 is 1.97 bits per heavy atom. The maximum Gasteiger partial charge on any atom is 0.163 e. The Hall–Kier alpha value is -2.14. The molecule has 0 spiro atoms. The van der Waals surface area contributed by atoms with Gasteiger partial charge in [-0.2, -0.15) is 0 Å². The van der Waals surface area contributed by atoms with Gasteiger partial charge in [-0.25, -0.2) is 9.97 Å². The van der Waals surface area contributed by atoms with Crippen LogP contribution in [-0.2, 0) is 0 Å². The minimum atomic E-state index is 0.578. The lowest BCUT2D eigenvalue weighted by Crippen LogP contribution is -2.45. The second kappa shape index (κ2) is 12.0. The predicted molar refractivity (Wildman–Crippen MR) is 148 cm³/mol. The number of likely N-dealkylation sites (N-methyl/N-ethyl adjacent to an activating group) is 1. The number of halogens is 1.